The third-order valence-electron chi connectivity index (χ3n) is 8.16. The Labute approximate surface area is 191 Å². The first kappa shape index (κ1) is 21.7. The van der Waals surface area contributed by atoms with E-state index in [9.17, 15) is 24.3 Å². The van der Waals surface area contributed by atoms with E-state index in [-0.39, 0.29) is 35.6 Å². The fraction of sp³-hybridized carbons (Fsp3) is 0.625. The van der Waals surface area contributed by atoms with Crippen LogP contribution in [-0.2, 0) is 16.1 Å². The van der Waals surface area contributed by atoms with Crippen molar-refractivity contribution in [2.45, 2.75) is 63.2 Å². The van der Waals surface area contributed by atoms with Crippen molar-refractivity contribution in [2.75, 3.05) is 6.54 Å². The number of carboxylic acids is 1. The lowest BCUT2D eigenvalue weighted by Gasteiger charge is -2.57. The summed E-state index contributed by atoms with van der Waals surface area (Å²) in [4.78, 5) is 25.4. The molecule has 6 rings (SSSR count). The first-order chi connectivity index (χ1) is 15.3. The van der Waals surface area contributed by atoms with Gasteiger partial charge in [0, 0.05) is 23.4 Å². The van der Waals surface area contributed by atoms with Gasteiger partial charge < -0.3 is 14.7 Å². The number of nitrogens with zero attached hydrogens (tertiary/aromatic N) is 2. The molecule has 5 aliphatic rings. The fourth-order valence-electron chi connectivity index (χ4n) is 6.82. The van der Waals surface area contributed by atoms with Crippen LogP contribution in [0.4, 0.5) is 4.39 Å². The van der Waals surface area contributed by atoms with Crippen molar-refractivity contribution in [1.82, 2.24) is 4.90 Å². The molecule has 5 fully saturated rings. The minimum Gasteiger partial charge on any atom is -0.480 e. The highest BCUT2D eigenvalue weighted by Gasteiger charge is 2.58. The van der Waals surface area contributed by atoms with Crippen molar-refractivity contribution in [2.24, 2.45) is 23.7 Å². The van der Waals surface area contributed by atoms with Gasteiger partial charge in [-0.25, -0.2) is 9.18 Å². The van der Waals surface area contributed by atoms with Gasteiger partial charge in [-0.3, -0.25) is 4.79 Å². The van der Waals surface area contributed by atoms with E-state index >= 15 is 0 Å². The first-order valence-electron chi connectivity index (χ1n) is 11.4. The van der Waals surface area contributed by atoms with Crippen LogP contribution in [0.3, 0.4) is 0 Å². The molecule has 1 amide bonds. The zero-order valence-electron chi connectivity index (χ0n) is 17.7. The Balaban J connectivity index is 1.34. The molecule has 170 valence electrons. The van der Waals surface area contributed by atoms with Crippen molar-refractivity contribution >= 4 is 23.5 Å². The summed E-state index contributed by atoms with van der Waals surface area (Å²) in [5.74, 6) is -0.734. The molecule has 1 saturated heterocycles. The molecule has 32 heavy (non-hydrogen) atoms. The predicted octanol–water partition coefficient (Wildman–Crippen LogP) is 4.40. The fourth-order valence-corrected chi connectivity index (χ4v) is 7.03. The summed E-state index contributed by atoms with van der Waals surface area (Å²) in [6.45, 7) is 0.273. The number of benzene rings is 1. The largest absolute Gasteiger partial charge is 0.480 e. The van der Waals surface area contributed by atoms with E-state index in [4.69, 9.17) is 16.3 Å². The van der Waals surface area contributed by atoms with Gasteiger partial charge in [0.2, 0.25) is 0 Å². The second-order valence-corrected chi connectivity index (χ2v) is 10.3. The van der Waals surface area contributed by atoms with Crippen LogP contribution in [0.2, 0.25) is 5.02 Å². The molecule has 0 aromatic heterocycles. The molecule has 0 spiro atoms. The quantitative estimate of drug-likeness (QED) is 0.703. The molecule has 1 aromatic carbocycles. The SMILES string of the molecule is N#CC1(OCc2cc(F)c(C(=O)N3CCC[C@H]3C(=O)O)cc2Cl)C2CC3CC(C2)CC1C3. The number of halogens is 2. The van der Waals surface area contributed by atoms with Crippen LogP contribution in [0, 0.1) is 40.8 Å². The second-order valence-electron chi connectivity index (χ2n) is 9.92. The maximum Gasteiger partial charge on any atom is 0.326 e. The maximum absolute atomic E-state index is 14.9. The highest BCUT2D eigenvalue weighted by molar-refractivity contribution is 6.31. The number of likely N-dealkylation sites (tertiary alicyclic amines) is 1. The molecule has 4 aliphatic carbocycles. The standard InChI is InChI=1S/C24H26ClFN2O4/c25-19-10-18(22(29)28-3-1-2-21(28)23(30)31)20(26)9-15(19)11-32-24(12-27)16-5-13-4-14(7-16)8-17(24)6-13/h9-10,13-14,16-17,21H,1-8,11H2,(H,30,31)/t13?,14?,16?,17?,21-,24?/m0/s1. The Morgan fingerprint density at radius 1 is 1.22 bits per heavy atom. The van der Waals surface area contributed by atoms with Gasteiger partial charge in [0.25, 0.3) is 5.91 Å². The number of hydrogen-bond donors (Lipinski definition) is 1. The van der Waals surface area contributed by atoms with Crippen molar-refractivity contribution < 1.29 is 23.8 Å². The highest BCUT2D eigenvalue weighted by atomic mass is 35.5. The van der Waals surface area contributed by atoms with E-state index in [0.29, 0.717) is 30.2 Å². The number of carbonyl (C=O) groups is 2. The van der Waals surface area contributed by atoms with Crippen LogP contribution in [0.1, 0.15) is 60.9 Å². The summed E-state index contributed by atoms with van der Waals surface area (Å²) in [6, 6.07) is 3.96. The normalized spacial score (nSPS) is 35.2. The van der Waals surface area contributed by atoms with E-state index in [1.165, 1.54) is 23.5 Å². The van der Waals surface area contributed by atoms with E-state index in [2.05, 4.69) is 6.07 Å². The smallest absolute Gasteiger partial charge is 0.326 e. The minimum atomic E-state index is -1.09. The van der Waals surface area contributed by atoms with E-state index < -0.39 is 29.3 Å². The van der Waals surface area contributed by atoms with Crippen LogP contribution in [0.25, 0.3) is 0 Å². The Bertz CT molecular complexity index is 978. The van der Waals surface area contributed by atoms with Crippen LogP contribution < -0.4 is 0 Å². The van der Waals surface area contributed by atoms with Crippen molar-refractivity contribution in [3.05, 3.63) is 34.1 Å². The Kier molecular flexibility index (Phi) is 5.42. The number of carboxylic acid groups (broad SMARTS) is 1. The molecule has 1 heterocycles. The summed E-state index contributed by atoms with van der Waals surface area (Å²) < 4.78 is 21.2. The predicted molar refractivity (Wildman–Crippen MR) is 113 cm³/mol. The monoisotopic (exact) mass is 460 g/mol. The first-order valence-corrected chi connectivity index (χ1v) is 11.8. The number of ether oxygens (including phenoxy) is 1. The van der Waals surface area contributed by atoms with E-state index in [1.54, 1.807) is 0 Å². The van der Waals surface area contributed by atoms with Crippen LogP contribution >= 0.6 is 11.6 Å². The van der Waals surface area contributed by atoms with E-state index in [0.717, 1.165) is 25.7 Å². The summed E-state index contributed by atoms with van der Waals surface area (Å²) >= 11 is 6.39. The zero-order valence-corrected chi connectivity index (χ0v) is 18.5. The molecule has 1 atom stereocenters. The van der Waals surface area contributed by atoms with E-state index in [1.807, 2.05) is 0 Å². The van der Waals surface area contributed by atoms with Crippen LogP contribution in [-0.4, -0.2) is 40.1 Å². The van der Waals surface area contributed by atoms with Gasteiger partial charge in [-0.15, -0.1) is 0 Å². The van der Waals surface area contributed by atoms with Crippen molar-refractivity contribution in [3.63, 3.8) is 0 Å². The third kappa shape index (κ3) is 3.39. The molecule has 4 bridgehead atoms. The zero-order chi connectivity index (χ0) is 22.6. The van der Waals surface area contributed by atoms with Gasteiger partial charge in [0.05, 0.1) is 18.2 Å². The molecule has 1 aliphatic heterocycles. The van der Waals surface area contributed by atoms with Gasteiger partial charge in [0.1, 0.15) is 11.9 Å². The average molecular weight is 461 g/mol. The topological polar surface area (TPSA) is 90.6 Å². The van der Waals surface area contributed by atoms with Gasteiger partial charge >= 0.3 is 5.97 Å². The van der Waals surface area contributed by atoms with Crippen molar-refractivity contribution in [1.29, 1.82) is 5.26 Å². The summed E-state index contributed by atoms with van der Waals surface area (Å²) in [5, 5.41) is 19.6. The number of amides is 1. The molecular formula is C24H26ClFN2O4. The Morgan fingerprint density at radius 3 is 2.47 bits per heavy atom. The van der Waals surface area contributed by atoms with Crippen LogP contribution in [0.15, 0.2) is 12.1 Å². The molecule has 1 aromatic rings. The van der Waals surface area contributed by atoms with Gasteiger partial charge in [-0.05, 0) is 74.5 Å². The Hall–Kier alpha value is -2.17. The van der Waals surface area contributed by atoms with Crippen LogP contribution in [0.5, 0.6) is 0 Å². The average Bonchev–Trinajstić information content (AvgIpc) is 3.25. The number of hydrogen-bond acceptors (Lipinski definition) is 4. The number of nitriles is 1. The van der Waals surface area contributed by atoms with Crippen molar-refractivity contribution in [3.8, 4) is 6.07 Å². The lowest BCUT2D eigenvalue weighted by Crippen LogP contribution is -2.58. The molecule has 6 nitrogen and oxygen atoms in total. The molecule has 4 saturated carbocycles. The second kappa shape index (κ2) is 8.00. The summed E-state index contributed by atoms with van der Waals surface area (Å²) in [5.41, 5.74) is -0.705. The number of carbonyl (C=O) groups excluding carboxylic acids is 1. The maximum atomic E-state index is 14.9. The minimum absolute atomic E-state index is 0.00157. The summed E-state index contributed by atoms with van der Waals surface area (Å²) in [6.07, 6.45) is 6.22. The molecule has 0 radical (unpaired) electrons. The molecule has 8 heteroatoms. The lowest BCUT2D eigenvalue weighted by molar-refractivity contribution is -0.177. The summed E-state index contributed by atoms with van der Waals surface area (Å²) in [7, 11) is 0. The molecule has 1 N–H and O–H groups in total. The van der Waals surface area contributed by atoms with Gasteiger partial charge in [-0.2, -0.15) is 5.26 Å². The Morgan fingerprint density at radius 2 is 1.88 bits per heavy atom. The third-order valence-corrected chi connectivity index (χ3v) is 8.51. The molecular weight excluding hydrogens is 435 g/mol. The van der Waals surface area contributed by atoms with Gasteiger partial charge in [0.15, 0.2) is 5.60 Å². The number of rotatable bonds is 5. The number of aliphatic carboxylic acids is 1. The van der Waals surface area contributed by atoms with Gasteiger partial charge in [-0.1, -0.05) is 11.6 Å². The lowest BCUT2D eigenvalue weighted by atomic mass is 9.50. The highest BCUT2D eigenvalue weighted by Crippen LogP contribution is 2.59. The molecule has 0 unspecified atom stereocenters.